The zero-order valence-corrected chi connectivity index (χ0v) is 9.69. The summed E-state index contributed by atoms with van der Waals surface area (Å²) in [5, 5.41) is 9.66. The Morgan fingerprint density at radius 1 is 1.12 bits per heavy atom. The average molecular weight is 227 g/mol. The van der Waals surface area contributed by atoms with Crippen molar-refractivity contribution in [1.82, 2.24) is 0 Å². The molecule has 0 aromatic heterocycles. The van der Waals surface area contributed by atoms with Crippen molar-refractivity contribution in [3.05, 3.63) is 17.7 Å². The van der Waals surface area contributed by atoms with Crippen LogP contribution in [0.5, 0.6) is 17.2 Å². The molecule has 0 aliphatic heterocycles. The highest BCUT2D eigenvalue weighted by Crippen LogP contribution is 2.39. The summed E-state index contributed by atoms with van der Waals surface area (Å²) < 4.78 is 15.5. The van der Waals surface area contributed by atoms with Gasteiger partial charge in [-0.2, -0.15) is 0 Å². The Bertz CT molecular complexity index is 329. The van der Waals surface area contributed by atoms with Crippen molar-refractivity contribution in [2.24, 2.45) is 5.73 Å². The van der Waals surface area contributed by atoms with Gasteiger partial charge in [-0.1, -0.05) is 0 Å². The maximum absolute atomic E-state index is 9.66. The molecule has 0 fully saturated rings. The second-order valence-electron chi connectivity index (χ2n) is 3.21. The Morgan fingerprint density at radius 3 is 1.94 bits per heavy atom. The molecule has 0 unspecified atom stereocenters. The van der Waals surface area contributed by atoms with Gasteiger partial charge in [-0.15, -0.1) is 0 Å². The minimum atomic E-state index is -0.742. The Balaban J connectivity index is 3.25. The lowest BCUT2D eigenvalue weighted by Crippen LogP contribution is -2.12. The Kier molecular flexibility index (Phi) is 4.39. The molecule has 90 valence electrons. The highest BCUT2D eigenvalue weighted by Gasteiger charge is 2.16. The van der Waals surface area contributed by atoms with E-state index in [-0.39, 0.29) is 6.54 Å². The van der Waals surface area contributed by atoms with E-state index in [4.69, 9.17) is 19.9 Å². The van der Waals surface area contributed by atoms with Crippen LogP contribution in [0.2, 0.25) is 0 Å². The molecule has 0 amide bonds. The number of aliphatic hydroxyl groups is 1. The summed E-state index contributed by atoms with van der Waals surface area (Å²) in [5.41, 5.74) is 6.03. The first-order chi connectivity index (χ1) is 7.67. The normalized spacial score (nSPS) is 12.1. The number of aliphatic hydroxyl groups excluding tert-OH is 1. The van der Waals surface area contributed by atoms with E-state index in [2.05, 4.69) is 0 Å². The average Bonchev–Trinajstić information content (AvgIpc) is 2.35. The van der Waals surface area contributed by atoms with Crippen molar-refractivity contribution in [2.75, 3.05) is 27.9 Å². The molecular formula is C11H17NO4. The summed E-state index contributed by atoms with van der Waals surface area (Å²) in [6.45, 7) is 0.138. The molecule has 16 heavy (non-hydrogen) atoms. The predicted molar refractivity (Wildman–Crippen MR) is 60.1 cm³/mol. The number of nitrogens with two attached hydrogens (primary N) is 1. The van der Waals surface area contributed by atoms with Crippen LogP contribution in [-0.4, -0.2) is 33.0 Å². The molecule has 1 rings (SSSR count). The van der Waals surface area contributed by atoms with Crippen molar-refractivity contribution >= 4 is 0 Å². The zero-order valence-electron chi connectivity index (χ0n) is 9.69. The van der Waals surface area contributed by atoms with E-state index < -0.39 is 6.10 Å². The maximum atomic E-state index is 9.66. The molecule has 3 N–H and O–H groups in total. The minimum Gasteiger partial charge on any atom is -0.493 e. The van der Waals surface area contributed by atoms with E-state index in [1.165, 1.54) is 21.3 Å². The molecule has 1 aromatic rings. The van der Waals surface area contributed by atoms with Crippen LogP contribution in [0.1, 0.15) is 11.7 Å². The first-order valence-corrected chi connectivity index (χ1v) is 4.86. The van der Waals surface area contributed by atoms with Gasteiger partial charge in [-0.05, 0) is 17.7 Å². The number of ether oxygens (including phenoxy) is 3. The van der Waals surface area contributed by atoms with Crippen molar-refractivity contribution in [2.45, 2.75) is 6.10 Å². The van der Waals surface area contributed by atoms with Gasteiger partial charge in [0, 0.05) is 6.54 Å². The number of methoxy groups -OCH3 is 3. The van der Waals surface area contributed by atoms with Crippen molar-refractivity contribution in [3.8, 4) is 17.2 Å². The Morgan fingerprint density at radius 2 is 1.62 bits per heavy atom. The quantitative estimate of drug-likeness (QED) is 0.774. The second kappa shape index (κ2) is 5.58. The molecule has 5 nitrogen and oxygen atoms in total. The third-order valence-electron chi connectivity index (χ3n) is 2.30. The predicted octanol–water partition coefficient (Wildman–Crippen LogP) is 0.705. The fourth-order valence-electron chi connectivity index (χ4n) is 1.43. The van der Waals surface area contributed by atoms with Gasteiger partial charge in [0.05, 0.1) is 27.4 Å². The molecule has 1 atom stereocenters. The van der Waals surface area contributed by atoms with Crippen LogP contribution in [0.25, 0.3) is 0 Å². The molecule has 5 heteroatoms. The van der Waals surface area contributed by atoms with E-state index in [1.54, 1.807) is 12.1 Å². The van der Waals surface area contributed by atoms with Gasteiger partial charge in [0.1, 0.15) is 0 Å². The highest BCUT2D eigenvalue weighted by atomic mass is 16.5. The summed E-state index contributed by atoms with van der Waals surface area (Å²) in [6.07, 6.45) is -0.742. The lowest BCUT2D eigenvalue weighted by atomic mass is 10.1. The van der Waals surface area contributed by atoms with Gasteiger partial charge in [0.25, 0.3) is 0 Å². The van der Waals surface area contributed by atoms with Gasteiger partial charge in [-0.25, -0.2) is 0 Å². The SMILES string of the molecule is COc1cc([C@H](O)CN)cc(OC)c1OC. The van der Waals surface area contributed by atoms with E-state index >= 15 is 0 Å². The van der Waals surface area contributed by atoms with Gasteiger partial charge in [-0.3, -0.25) is 0 Å². The van der Waals surface area contributed by atoms with E-state index in [1.807, 2.05) is 0 Å². The van der Waals surface area contributed by atoms with Crippen LogP contribution in [0.15, 0.2) is 12.1 Å². The van der Waals surface area contributed by atoms with Gasteiger partial charge in [0.15, 0.2) is 11.5 Å². The van der Waals surface area contributed by atoms with Crippen LogP contribution >= 0.6 is 0 Å². The standard InChI is InChI=1S/C11H17NO4/c1-14-9-4-7(8(13)6-12)5-10(15-2)11(9)16-3/h4-5,8,13H,6,12H2,1-3H3/t8-/m1/s1. The van der Waals surface area contributed by atoms with Crippen LogP contribution in [-0.2, 0) is 0 Å². The van der Waals surface area contributed by atoms with E-state index in [0.29, 0.717) is 22.8 Å². The topological polar surface area (TPSA) is 73.9 Å². The zero-order chi connectivity index (χ0) is 12.1. The maximum Gasteiger partial charge on any atom is 0.203 e. The molecule has 1 aromatic carbocycles. The van der Waals surface area contributed by atoms with Crippen LogP contribution in [0.3, 0.4) is 0 Å². The van der Waals surface area contributed by atoms with E-state index in [9.17, 15) is 5.11 Å². The molecule has 0 saturated heterocycles. The summed E-state index contributed by atoms with van der Waals surface area (Å²) in [5.74, 6) is 1.51. The molecule has 0 aliphatic carbocycles. The monoisotopic (exact) mass is 227 g/mol. The summed E-state index contributed by atoms with van der Waals surface area (Å²) in [4.78, 5) is 0. The summed E-state index contributed by atoms with van der Waals surface area (Å²) in [6, 6.07) is 3.36. The third-order valence-corrected chi connectivity index (χ3v) is 2.30. The number of hydrogen-bond acceptors (Lipinski definition) is 5. The van der Waals surface area contributed by atoms with Crippen molar-refractivity contribution in [3.63, 3.8) is 0 Å². The van der Waals surface area contributed by atoms with Gasteiger partial charge >= 0.3 is 0 Å². The molecule has 0 spiro atoms. The summed E-state index contributed by atoms with van der Waals surface area (Å²) in [7, 11) is 4.57. The van der Waals surface area contributed by atoms with Crippen LogP contribution in [0.4, 0.5) is 0 Å². The van der Waals surface area contributed by atoms with Gasteiger partial charge in [0.2, 0.25) is 5.75 Å². The fraction of sp³-hybridized carbons (Fsp3) is 0.455. The third kappa shape index (κ3) is 2.37. The van der Waals surface area contributed by atoms with E-state index in [0.717, 1.165) is 0 Å². The number of hydrogen-bond donors (Lipinski definition) is 2. The molecule has 0 bridgehead atoms. The molecular weight excluding hydrogens is 210 g/mol. The number of benzene rings is 1. The molecule has 0 saturated carbocycles. The minimum absolute atomic E-state index is 0.138. The first kappa shape index (κ1) is 12.6. The Hall–Kier alpha value is -1.46. The fourth-order valence-corrected chi connectivity index (χ4v) is 1.43. The Labute approximate surface area is 94.7 Å². The largest absolute Gasteiger partial charge is 0.493 e. The second-order valence-corrected chi connectivity index (χ2v) is 3.21. The summed E-state index contributed by atoms with van der Waals surface area (Å²) >= 11 is 0. The first-order valence-electron chi connectivity index (χ1n) is 4.86. The molecule has 0 heterocycles. The van der Waals surface area contributed by atoms with Crippen LogP contribution in [0, 0.1) is 0 Å². The van der Waals surface area contributed by atoms with Crippen molar-refractivity contribution in [1.29, 1.82) is 0 Å². The van der Waals surface area contributed by atoms with Crippen molar-refractivity contribution < 1.29 is 19.3 Å². The number of rotatable bonds is 5. The molecule has 0 radical (unpaired) electrons. The lowest BCUT2D eigenvalue weighted by Gasteiger charge is -2.16. The van der Waals surface area contributed by atoms with Crippen LogP contribution < -0.4 is 19.9 Å². The van der Waals surface area contributed by atoms with Gasteiger partial charge < -0.3 is 25.1 Å². The highest BCUT2D eigenvalue weighted by molar-refractivity contribution is 5.54. The smallest absolute Gasteiger partial charge is 0.203 e. The lowest BCUT2D eigenvalue weighted by molar-refractivity contribution is 0.185. The molecule has 0 aliphatic rings.